The van der Waals surface area contributed by atoms with E-state index in [0.717, 1.165) is 31.1 Å². The summed E-state index contributed by atoms with van der Waals surface area (Å²) in [6.45, 7) is 4.23. The molecule has 3 heterocycles. The average Bonchev–Trinajstić information content (AvgIpc) is 3.46. The van der Waals surface area contributed by atoms with Gasteiger partial charge in [-0.15, -0.1) is 22.7 Å². The Bertz CT molecular complexity index is 1170. The first-order valence-electron chi connectivity index (χ1n) is 9.49. The Morgan fingerprint density at radius 3 is 2.87 bits per heavy atom. The molecule has 1 N–H and O–H groups in total. The normalized spacial score (nSPS) is 17.2. The molecule has 1 unspecified atom stereocenters. The fourth-order valence-corrected chi connectivity index (χ4v) is 6.41. The van der Waals surface area contributed by atoms with Crippen molar-refractivity contribution in [1.82, 2.24) is 14.9 Å². The second-order valence-electron chi connectivity index (χ2n) is 7.39. The van der Waals surface area contributed by atoms with Crippen molar-refractivity contribution in [3.05, 3.63) is 49.9 Å². The van der Waals surface area contributed by atoms with Crippen LogP contribution in [-0.2, 0) is 16.6 Å². The van der Waals surface area contributed by atoms with Crippen LogP contribution in [-0.4, -0.2) is 49.5 Å². The van der Waals surface area contributed by atoms with E-state index in [-0.39, 0.29) is 16.8 Å². The largest absolute Gasteiger partial charge is 0.370 e. The predicted molar refractivity (Wildman–Crippen MR) is 123 cm³/mol. The molecular formula is C19H21ClFN5O2S3. The van der Waals surface area contributed by atoms with Crippen LogP contribution in [0.15, 0.2) is 34.1 Å². The molecule has 2 aromatic heterocycles. The van der Waals surface area contributed by atoms with Gasteiger partial charge in [0.05, 0.1) is 18.3 Å². The van der Waals surface area contributed by atoms with Crippen molar-refractivity contribution in [1.29, 1.82) is 0 Å². The van der Waals surface area contributed by atoms with Gasteiger partial charge < -0.3 is 4.90 Å². The van der Waals surface area contributed by atoms with Crippen LogP contribution in [0.25, 0.3) is 0 Å². The third-order valence-corrected chi connectivity index (χ3v) is 8.33. The number of sulfonamides is 1. The molecule has 0 aliphatic carbocycles. The van der Waals surface area contributed by atoms with Gasteiger partial charge in [0.25, 0.3) is 10.0 Å². The maximum absolute atomic E-state index is 14.9. The molecule has 1 saturated heterocycles. The van der Waals surface area contributed by atoms with Gasteiger partial charge in [-0.1, -0.05) is 11.6 Å². The van der Waals surface area contributed by atoms with Gasteiger partial charge in [0.2, 0.25) is 0 Å². The Kier molecular flexibility index (Phi) is 6.50. The number of thiazole rings is 2. The minimum atomic E-state index is -4.06. The lowest BCUT2D eigenvalue weighted by Gasteiger charge is -2.29. The monoisotopic (exact) mass is 501 g/mol. The second kappa shape index (κ2) is 8.99. The molecule has 0 saturated carbocycles. The Morgan fingerprint density at radius 2 is 2.19 bits per heavy atom. The number of anilines is 2. The maximum atomic E-state index is 14.9. The molecule has 1 aliphatic heterocycles. The van der Waals surface area contributed by atoms with Crippen molar-refractivity contribution in [2.75, 3.05) is 29.8 Å². The van der Waals surface area contributed by atoms with Crippen LogP contribution < -0.4 is 9.62 Å². The van der Waals surface area contributed by atoms with Gasteiger partial charge in [0.1, 0.15) is 20.1 Å². The van der Waals surface area contributed by atoms with Crippen molar-refractivity contribution < 1.29 is 12.8 Å². The molecule has 0 amide bonds. The molecule has 7 nitrogen and oxygen atoms in total. The number of halogens is 2. The number of nitrogens with one attached hydrogen (secondary N) is 1. The maximum Gasteiger partial charge on any atom is 0.266 e. The van der Waals surface area contributed by atoms with E-state index in [1.54, 1.807) is 18.5 Å². The van der Waals surface area contributed by atoms with Crippen LogP contribution in [0, 0.1) is 12.7 Å². The van der Waals surface area contributed by atoms with Crippen molar-refractivity contribution >= 4 is 55.8 Å². The van der Waals surface area contributed by atoms with Crippen LogP contribution in [0.1, 0.15) is 17.0 Å². The average molecular weight is 502 g/mol. The van der Waals surface area contributed by atoms with Crippen molar-refractivity contribution in [3.63, 3.8) is 0 Å². The minimum Gasteiger partial charge on any atom is -0.370 e. The number of aromatic nitrogens is 2. The van der Waals surface area contributed by atoms with E-state index < -0.39 is 15.8 Å². The van der Waals surface area contributed by atoms with E-state index >= 15 is 0 Å². The second-order valence-corrected chi connectivity index (χ2v) is 11.5. The van der Waals surface area contributed by atoms with E-state index in [2.05, 4.69) is 19.6 Å². The molecule has 0 spiro atoms. The summed E-state index contributed by atoms with van der Waals surface area (Å²) in [6, 6.07) is 2.86. The van der Waals surface area contributed by atoms with Crippen molar-refractivity contribution in [3.8, 4) is 0 Å². The quantitative estimate of drug-likeness (QED) is 0.522. The summed E-state index contributed by atoms with van der Waals surface area (Å²) in [7, 11) is -2.15. The van der Waals surface area contributed by atoms with Crippen LogP contribution in [0.5, 0.6) is 0 Å². The number of benzene rings is 1. The van der Waals surface area contributed by atoms with Gasteiger partial charge in [-0.05, 0) is 31.0 Å². The molecule has 1 aliphatic rings. The Balaban J connectivity index is 1.49. The highest BCUT2D eigenvalue weighted by Crippen LogP contribution is 2.30. The summed E-state index contributed by atoms with van der Waals surface area (Å²) in [5, 5.41) is 2.52. The van der Waals surface area contributed by atoms with Crippen LogP contribution >= 0.6 is 34.3 Å². The van der Waals surface area contributed by atoms with E-state index in [9.17, 15) is 12.8 Å². The summed E-state index contributed by atoms with van der Waals surface area (Å²) in [5.74, 6) is -0.613. The predicted octanol–water partition coefficient (Wildman–Crippen LogP) is 4.21. The highest BCUT2D eigenvalue weighted by Gasteiger charge is 2.29. The fourth-order valence-electron chi connectivity index (χ4n) is 3.71. The third-order valence-electron chi connectivity index (χ3n) is 5.27. The van der Waals surface area contributed by atoms with Gasteiger partial charge in [0.15, 0.2) is 5.82 Å². The zero-order valence-electron chi connectivity index (χ0n) is 16.9. The SMILES string of the molecule is Cc1cc(S(=O)(=O)Nc2cscn2)c(F)cc1N(C)C1CCN(Cc2ncc(Cl)s2)C1. The zero-order chi connectivity index (χ0) is 22.2. The summed E-state index contributed by atoms with van der Waals surface area (Å²) in [6.07, 6.45) is 2.58. The smallest absolute Gasteiger partial charge is 0.266 e. The van der Waals surface area contributed by atoms with Crippen molar-refractivity contribution in [2.24, 2.45) is 0 Å². The topological polar surface area (TPSA) is 78.4 Å². The molecule has 4 rings (SSSR count). The molecule has 12 heteroatoms. The Hall–Kier alpha value is -1.79. The molecule has 1 aromatic carbocycles. The standard InChI is InChI=1S/C19H21ClFN5O2S3/c1-12-5-16(31(27,28)24-18-10-29-11-23-18)14(21)6-15(12)25(2)13-3-4-26(8-13)9-19-22-7-17(20)30-19/h5-7,10-11,13,24H,3-4,8-9H2,1-2H3. The Morgan fingerprint density at radius 1 is 1.39 bits per heavy atom. The van der Waals surface area contributed by atoms with Crippen LogP contribution in [0.2, 0.25) is 4.34 Å². The number of hydrogen-bond donors (Lipinski definition) is 1. The summed E-state index contributed by atoms with van der Waals surface area (Å²) in [5.41, 5.74) is 2.87. The fraction of sp³-hybridized carbons (Fsp3) is 0.368. The zero-order valence-corrected chi connectivity index (χ0v) is 20.1. The molecular weight excluding hydrogens is 481 g/mol. The first-order chi connectivity index (χ1) is 14.7. The molecule has 3 aromatic rings. The lowest BCUT2D eigenvalue weighted by Crippen LogP contribution is -2.35. The highest BCUT2D eigenvalue weighted by molar-refractivity contribution is 7.92. The molecule has 1 fully saturated rings. The number of rotatable bonds is 7. The molecule has 166 valence electrons. The van der Waals surface area contributed by atoms with Gasteiger partial charge in [0, 0.05) is 37.2 Å². The van der Waals surface area contributed by atoms with Gasteiger partial charge in [-0.25, -0.2) is 22.8 Å². The Labute approximate surface area is 193 Å². The summed E-state index contributed by atoms with van der Waals surface area (Å²) in [4.78, 5) is 12.1. The lowest BCUT2D eigenvalue weighted by atomic mass is 10.1. The van der Waals surface area contributed by atoms with Gasteiger partial charge in [-0.2, -0.15) is 0 Å². The molecule has 1 atom stereocenters. The van der Waals surface area contributed by atoms with Crippen molar-refractivity contribution in [2.45, 2.75) is 30.8 Å². The number of aryl methyl sites for hydroxylation is 1. The van der Waals surface area contributed by atoms with E-state index in [0.29, 0.717) is 15.6 Å². The number of likely N-dealkylation sites (N-methyl/N-ethyl adjacent to an activating group) is 1. The number of hydrogen-bond acceptors (Lipinski definition) is 8. The summed E-state index contributed by atoms with van der Waals surface area (Å²) >= 11 is 8.69. The number of nitrogens with zero attached hydrogens (tertiary/aromatic N) is 4. The van der Waals surface area contributed by atoms with Crippen LogP contribution in [0.4, 0.5) is 15.9 Å². The van der Waals surface area contributed by atoms with Gasteiger partial charge in [-0.3, -0.25) is 9.62 Å². The van der Waals surface area contributed by atoms with E-state index in [1.807, 2.05) is 11.9 Å². The highest BCUT2D eigenvalue weighted by atomic mass is 35.5. The van der Waals surface area contributed by atoms with Gasteiger partial charge >= 0.3 is 0 Å². The summed E-state index contributed by atoms with van der Waals surface area (Å²) < 4.78 is 43.1. The van der Waals surface area contributed by atoms with Crippen LogP contribution in [0.3, 0.4) is 0 Å². The third kappa shape index (κ3) is 5.01. The number of likely N-dealkylation sites (tertiary alicyclic amines) is 1. The van der Waals surface area contributed by atoms with E-state index in [1.165, 1.54) is 40.3 Å². The lowest BCUT2D eigenvalue weighted by molar-refractivity contribution is 0.325. The first-order valence-corrected chi connectivity index (χ1v) is 13.1. The minimum absolute atomic E-state index is 0.177. The molecule has 0 bridgehead atoms. The van der Waals surface area contributed by atoms with E-state index in [4.69, 9.17) is 11.6 Å². The molecule has 31 heavy (non-hydrogen) atoms. The first kappa shape index (κ1) is 22.4. The molecule has 0 radical (unpaired) electrons.